The van der Waals surface area contributed by atoms with Gasteiger partial charge in [-0.2, -0.15) is 0 Å². The summed E-state index contributed by atoms with van der Waals surface area (Å²) in [7, 11) is 0. The molecule has 0 heterocycles. The maximum Gasteiger partial charge on any atom is 0.0297 e. The minimum atomic E-state index is 0.322. The van der Waals surface area contributed by atoms with E-state index < -0.39 is 0 Å². The molecular weight excluding hydrogens is 322 g/mol. The summed E-state index contributed by atoms with van der Waals surface area (Å²) in [6.45, 7) is 8.89. The predicted octanol–water partition coefficient (Wildman–Crippen LogP) is 5.98. The molecule has 1 unspecified atom stereocenters. The Hall–Kier alpha value is -1.12. The fourth-order valence-corrected chi connectivity index (χ4v) is 2.93. The van der Waals surface area contributed by atoms with E-state index in [4.69, 9.17) is 0 Å². The smallest absolute Gasteiger partial charge is 0.0297 e. The summed E-state index contributed by atoms with van der Waals surface area (Å²) in [5.74, 6) is 0.586. The number of hydrogen-bond donors (Lipinski definition) is 1. The van der Waals surface area contributed by atoms with E-state index >= 15 is 0 Å². The van der Waals surface area contributed by atoms with Gasteiger partial charge in [0.2, 0.25) is 0 Å². The Kier molecular flexibility index (Phi) is 5.60. The number of hydrogen-bond acceptors (Lipinski definition) is 1. The van der Waals surface area contributed by atoms with Crippen LogP contribution in [0.4, 0.5) is 0 Å². The van der Waals surface area contributed by atoms with E-state index in [9.17, 15) is 0 Å². The highest BCUT2D eigenvalue weighted by atomic mass is 79.9. The molecule has 0 aromatic heterocycles. The van der Waals surface area contributed by atoms with Crippen molar-refractivity contribution in [1.29, 1.82) is 0 Å². The number of halogens is 1. The second kappa shape index (κ2) is 7.24. The molecule has 1 nitrogen and oxygen atoms in total. The first-order chi connectivity index (χ1) is 9.97. The van der Waals surface area contributed by atoms with Crippen LogP contribution in [0.5, 0.6) is 0 Å². The molecule has 0 saturated heterocycles. The van der Waals surface area contributed by atoms with Crippen LogP contribution in [0.3, 0.4) is 0 Å². The molecule has 0 fully saturated rings. The molecule has 2 heteroatoms. The highest BCUT2D eigenvalue weighted by Gasteiger charge is 2.11. The van der Waals surface area contributed by atoms with Crippen LogP contribution < -0.4 is 5.32 Å². The standard InChI is InChI=1S/C19H24BrN/c1-13(2)16-8-10-17(11-9-16)14(3)21-15(4)18-6-5-7-19(20)12-18/h5-15,21H,1-4H3/t14?,15-/m1/s1. The van der Waals surface area contributed by atoms with Gasteiger partial charge in [0.1, 0.15) is 0 Å². The van der Waals surface area contributed by atoms with Gasteiger partial charge >= 0.3 is 0 Å². The van der Waals surface area contributed by atoms with Crippen molar-refractivity contribution in [3.63, 3.8) is 0 Å². The molecule has 2 aromatic carbocycles. The van der Waals surface area contributed by atoms with Crippen LogP contribution in [-0.4, -0.2) is 0 Å². The van der Waals surface area contributed by atoms with E-state index in [-0.39, 0.29) is 0 Å². The van der Waals surface area contributed by atoms with Crippen molar-refractivity contribution < 1.29 is 0 Å². The van der Waals surface area contributed by atoms with Crippen molar-refractivity contribution in [3.8, 4) is 0 Å². The molecule has 2 rings (SSSR count). The van der Waals surface area contributed by atoms with Crippen LogP contribution >= 0.6 is 15.9 Å². The fraction of sp³-hybridized carbons (Fsp3) is 0.368. The minimum Gasteiger partial charge on any atom is -0.304 e. The van der Waals surface area contributed by atoms with Crippen molar-refractivity contribution in [3.05, 3.63) is 69.7 Å². The molecule has 0 aliphatic heterocycles. The van der Waals surface area contributed by atoms with Gasteiger partial charge in [-0.25, -0.2) is 0 Å². The van der Waals surface area contributed by atoms with E-state index in [2.05, 4.69) is 97.5 Å². The maximum atomic E-state index is 3.67. The first-order valence-electron chi connectivity index (χ1n) is 7.58. The van der Waals surface area contributed by atoms with Crippen LogP contribution in [0, 0.1) is 0 Å². The van der Waals surface area contributed by atoms with Crippen LogP contribution in [0.2, 0.25) is 0 Å². The highest BCUT2D eigenvalue weighted by Crippen LogP contribution is 2.23. The third-order valence-corrected chi connectivity index (χ3v) is 4.45. The highest BCUT2D eigenvalue weighted by molar-refractivity contribution is 9.10. The Labute approximate surface area is 136 Å². The molecule has 0 aliphatic rings. The zero-order valence-corrected chi connectivity index (χ0v) is 14.8. The number of benzene rings is 2. The average Bonchev–Trinajstić information content (AvgIpc) is 2.47. The molecule has 112 valence electrons. The zero-order valence-electron chi connectivity index (χ0n) is 13.2. The zero-order chi connectivity index (χ0) is 15.4. The van der Waals surface area contributed by atoms with Crippen molar-refractivity contribution in [1.82, 2.24) is 5.32 Å². The molecule has 2 atom stereocenters. The Morgan fingerprint density at radius 1 is 0.762 bits per heavy atom. The monoisotopic (exact) mass is 345 g/mol. The maximum absolute atomic E-state index is 3.67. The molecule has 0 radical (unpaired) electrons. The SMILES string of the molecule is CC(C)c1ccc(C(C)N[C@H](C)c2cccc(Br)c2)cc1. The van der Waals surface area contributed by atoms with Gasteiger partial charge in [0, 0.05) is 16.6 Å². The average molecular weight is 346 g/mol. The molecule has 21 heavy (non-hydrogen) atoms. The van der Waals surface area contributed by atoms with Gasteiger partial charge in [0.05, 0.1) is 0 Å². The van der Waals surface area contributed by atoms with E-state index in [0.29, 0.717) is 18.0 Å². The quantitative estimate of drug-likeness (QED) is 0.702. The van der Waals surface area contributed by atoms with Crippen molar-refractivity contribution >= 4 is 15.9 Å². The Morgan fingerprint density at radius 2 is 1.33 bits per heavy atom. The summed E-state index contributed by atoms with van der Waals surface area (Å²) in [6.07, 6.45) is 0. The van der Waals surface area contributed by atoms with E-state index in [1.165, 1.54) is 16.7 Å². The molecule has 0 amide bonds. The lowest BCUT2D eigenvalue weighted by Crippen LogP contribution is -2.22. The molecule has 1 N–H and O–H groups in total. The van der Waals surface area contributed by atoms with Crippen molar-refractivity contribution in [2.45, 2.75) is 45.7 Å². The topological polar surface area (TPSA) is 12.0 Å². The summed E-state index contributed by atoms with van der Waals surface area (Å²) >= 11 is 3.54. The summed E-state index contributed by atoms with van der Waals surface area (Å²) in [6, 6.07) is 18.1. The molecule has 0 saturated carbocycles. The van der Waals surface area contributed by atoms with E-state index in [1.54, 1.807) is 0 Å². The number of nitrogens with one attached hydrogen (secondary N) is 1. The third-order valence-electron chi connectivity index (χ3n) is 3.95. The Balaban J connectivity index is 2.05. The predicted molar refractivity (Wildman–Crippen MR) is 94.6 cm³/mol. The fourth-order valence-electron chi connectivity index (χ4n) is 2.51. The summed E-state index contributed by atoms with van der Waals surface area (Å²) < 4.78 is 1.13. The lowest BCUT2D eigenvalue weighted by atomic mass is 9.99. The Bertz CT molecular complexity index is 574. The summed E-state index contributed by atoms with van der Waals surface area (Å²) in [5.41, 5.74) is 4.03. The normalized spacial score (nSPS) is 14.2. The first-order valence-corrected chi connectivity index (χ1v) is 8.38. The molecule has 0 spiro atoms. The molecular formula is C19H24BrN. The first kappa shape index (κ1) is 16.3. The molecule has 0 aliphatic carbocycles. The third kappa shape index (κ3) is 4.42. The largest absolute Gasteiger partial charge is 0.304 e. The molecule has 0 bridgehead atoms. The lowest BCUT2D eigenvalue weighted by Gasteiger charge is -2.21. The van der Waals surface area contributed by atoms with Crippen LogP contribution in [0.25, 0.3) is 0 Å². The van der Waals surface area contributed by atoms with E-state index in [0.717, 1.165) is 4.47 Å². The van der Waals surface area contributed by atoms with Crippen LogP contribution in [-0.2, 0) is 0 Å². The van der Waals surface area contributed by atoms with Gasteiger partial charge in [-0.3, -0.25) is 0 Å². The Morgan fingerprint density at radius 3 is 1.90 bits per heavy atom. The van der Waals surface area contributed by atoms with Gasteiger partial charge in [0.25, 0.3) is 0 Å². The van der Waals surface area contributed by atoms with Crippen molar-refractivity contribution in [2.75, 3.05) is 0 Å². The molecule has 2 aromatic rings. The lowest BCUT2D eigenvalue weighted by molar-refractivity contribution is 0.494. The van der Waals surface area contributed by atoms with Crippen molar-refractivity contribution in [2.24, 2.45) is 0 Å². The summed E-state index contributed by atoms with van der Waals surface area (Å²) in [4.78, 5) is 0. The number of rotatable bonds is 5. The van der Waals surface area contributed by atoms with Gasteiger partial charge in [-0.15, -0.1) is 0 Å². The van der Waals surface area contributed by atoms with Crippen LogP contribution in [0.1, 0.15) is 62.4 Å². The van der Waals surface area contributed by atoms with Gasteiger partial charge < -0.3 is 5.32 Å². The second-order valence-corrected chi connectivity index (χ2v) is 6.90. The van der Waals surface area contributed by atoms with Crippen LogP contribution in [0.15, 0.2) is 53.0 Å². The van der Waals surface area contributed by atoms with Gasteiger partial charge in [-0.1, -0.05) is 66.2 Å². The van der Waals surface area contributed by atoms with Gasteiger partial charge in [0.15, 0.2) is 0 Å². The second-order valence-electron chi connectivity index (χ2n) is 5.99. The van der Waals surface area contributed by atoms with Gasteiger partial charge in [-0.05, 0) is 48.6 Å². The minimum absolute atomic E-state index is 0.322. The van der Waals surface area contributed by atoms with E-state index in [1.807, 2.05) is 0 Å². The summed E-state index contributed by atoms with van der Waals surface area (Å²) in [5, 5.41) is 3.67.